The van der Waals surface area contributed by atoms with Gasteiger partial charge in [0.15, 0.2) is 0 Å². The Bertz CT molecular complexity index is 397. The van der Waals surface area contributed by atoms with Crippen LogP contribution in [0.1, 0.15) is 31.4 Å². The van der Waals surface area contributed by atoms with E-state index < -0.39 is 0 Å². The molecule has 0 spiro atoms. The van der Waals surface area contributed by atoms with Gasteiger partial charge in [-0.25, -0.2) is 0 Å². The Kier molecular flexibility index (Phi) is 4.20. The Morgan fingerprint density at radius 3 is 2.50 bits per heavy atom. The molecule has 1 aromatic rings. The maximum Gasteiger partial charge on any atom is 0.217 e. The lowest BCUT2D eigenvalue weighted by atomic mass is 10.1. The molecule has 1 amide bonds. The third kappa shape index (κ3) is 3.47. The molecule has 98 valence electrons. The van der Waals surface area contributed by atoms with Crippen molar-refractivity contribution in [1.82, 2.24) is 10.2 Å². The molecule has 2 rings (SSSR count). The van der Waals surface area contributed by atoms with Gasteiger partial charge in [-0.05, 0) is 43.6 Å². The van der Waals surface area contributed by atoms with Crippen molar-refractivity contribution in [2.24, 2.45) is 0 Å². The van der Waals surface area contributed by atoms with Gasteiger partial charge in [0.2, 0.25) is 5.91 Å². The molecule has 1 aromatic carbocycles. The molecule has 4 nitrogen and oxygen atoms in total. The van der Waals surface area contributed by atoms with Gasteiger partial charge in [-0.3, -0.25) is 4.79 Å². The first-order valence-electron chi connectivity index (χ1n) is 6.43. The van der Waals surface area contributed by atoms with Crippen LogP contribution in [-0.2, 0) is 4.79 Å². The van der Waals surface area contributed by atoms with E-state index in [0.717, 1.165) is 25.2 Å². The Hall–Kier alpha value is -1.55. The number of rotatable bonds is 4. The summed E-state index contributed by atoms with van der Waals surface area (Å²) in [5.74, 6) is 0.230. The average Bonchev–Trinajstić information content (AvgIpc) is 2.81. The molecule has 1 atom stereocenters. The number of phenols is 1. The second-order valence-electron chi connectivity index (χ2n) is 4.85. The van der Waals surface area contributed by atoms with Crippen molar-refractivity contribution in [1.29, 1.82) is 0 Å². The van der Waals surface area contributed by atoms with E-state index in [-0.39, 0.29) is 17.7 Å². The minimum Gasteiger partial charge on any atom is -0.508 e. The maximum absolute atomic E-state index is 11.3. The van der Waals surface area contributed by atoms with Crippen molar-refractivity contribution in [3.05, 3.63) is 29.8 Å². The predicted molar refractivity (Wildman–Crippen MR) is 70.3 cm³/mol. The summed E-state index contributed by atoms with van der Waals surface area (Å²) in [6, 6.07) is 7.06. The summed E-state index contributed by atoms with van der Waals surface area (Å²) in [6.07, 6.45) is 2.48. The number of nitrogens with one attached hydrogen (secondary N) is 1. The molecule has 0 radical (unpaired) electrons. The molecule has 4 heteroatoms. The van der Waals surface area contributed by atoms with Gasteiger partial charge in [0, 0.05) is 13.5 Å². The van der Waals surface area contributed by atoms with Crippen LogP contribution in [0.3, 0.4) is 0 Å². The minimum atomic E-state index is -0.0210. The Morgan fingerprint density at radius 1 is 1.33 bits per heavy atom. The first kappa shape index (κ1) is 12.9. The summed E-state index contributed by atoms with van der Waals surface area (Å²) in [5, 5.41) is 12.3. The molecule has 1 saturated heterocycles. The molecule has 1 unspecified atom stereocenters. The lowest BCUT2D eigenvalue weighted by Gasteiger charge is -2.24. The molecule has 18 heavy (non-hydrogen) atoms. The molecule has 0 bridgehead atoms. The number of hydrogen-bond acceptors (Lipinski definition) is 3. The fourth-order valence-electron chi connectivity index (χ4n) is 2.41. The SMILES string of the molecule is CC(=O)NC(CN1CCCC1)c1ccc(O)cc1. The van der Waals surface area contributed by atoms with Gasteiger partial charge in [-0.2, -0.15) is 0 Å². The number of benzene rings is 1. The second kappa shape index (κ2) is 5.87. The third-order valence-electron chi connectivity index (χ3n) is 3.31. The molecule has 1 fully saturated rings. The van der Waals surface area contributed by atoms with Crippen LogP contribution >= 0.6 is 0 Å². The molecule has 1 heterocycles. The van der Waals surface area contributed by atoms with E-state index in [9.17, 15) is 9.90 Å². The molecule has 1 aliphatic rings. The van der Waals surface area contributed by atoms with Crippen LogP contribution in [0.4, 0.5) is 0 Å². The standard InChI is InChI=1S/C14H20N2O2/c1-11(17)15-14(10-16-8-2-3-9-16)12-4-6-13(18)7-5-12/h4-7,14,18H,2-3,8-10H2,1H3,(H,15,17). The number of hydrogen-bond donors (Lipinski definition) is 2. The lowest BCUT2D eigenvalue weighted by molar-refractivity contribution is -0.119. The van der Waals surface area contributed by atoms with E-state index in [0.29, 0.717) is 0 Å². The van der Waals surface area contributed by atoms with Gasteiger partial charge in [0.05, 0.1) is 6.04 Å². The van der Waals surface area contributed by atoms with Crippen molar-refractivity contribution in [3.63, 3.8) is 0 Å². The zero-order valence-electron chi connectivity index (χ0n) is 10.7. The molecule has 0 saturated carbocycles. The zero-order valence-corrected chi connectivity index (χ0v) is 10.7. The van der Waals surface area contributed by atoms with Crippen molar-refractivity contribution in [3.8, 4) is 5.75 Å². The number of carbonyl (C=O) groups excluding carboxylic acids is 1. The highest BCUT2D eigenvalue weighted by Gasteiger charge is 2.19. The van der Waals surface area contributed by atoms with Crippen LogP contribution in [0, 0.1) is 0 Å². The highest BCUT2D eigenvalue weighted by Crippen LogP contribution is 2.20. The van der Waals surface area contributed by atoms with E-state index in [1.807, 2.05) is 12.1 Å². The molecule has 0 aromatic heterocycles. The van der Waals surface area contributed by atoms with Crippen molar-refractivity contribution < 1.29 is 9.90 Å². The summed E-state index contributed by atoms with van der Waals surface area (Å²) in [6.45, 7) is 4.59. The van der Waals surface area contributed by atoms with E-state index >= 15 is 0 Å². The number of amides is 1. The summed E-state index contributed by atoms with van der Waals surface area (Å²) >= 11 is 0. The number of nitrogens with zero attached hydrogens (tertiary/aromatic N) is 1. The number of aromatic hydroxyl groups is 1. The van der Waals surface area contributed by atoms with Gasteiger partial charge >= 0.3 is 0 Å². The molecular formula is C14H20N2O2. The van der Waals surface area contributed by atoms with Gasteiger partial charge in [-0.15, -0.1) is 0 Å². The van der Waals surface area contributed by atoms with Crippen LogP contribution in [0.15, 0.2) is 24.3 Å². The second-order valence-corrected chi connectivity index (χ2v) is 4.85. The normalized spacial score (nSPS) is 17.6. The Morgan fingerprint density at radius 2 is 1.94 bits per heavy atom. The average molecular weight is 248 g/mol. The van der Waals surface area contributed by atoms with E-state index in [1.54, 1.807) is 12.1 Å². The van der Waals surface area contributed by atoms with E-state index in [1.165, 1.54) is 19.8 Å². The smallest absolute Gasteiger partial charge is 0.217 e. The molecular weight excluding hydrogens is 228 g/mol. The van der Waals surface area contributed by atoms with Crippen LogP contribution in [-0.4, -0.2) is 35.5 Å². The molecule has 2 N–H and O–H groups in total. The summed E-state index contributed by atoms with van der Waals surface area (Å²) in [4.78, 5) is 13.7. The quantitative estimate of drug-likeness (QED) is 0.852. The minimum absolute atomic E-state index is 0.00111. The first-order chi connectivity index (χ1) is 8.65. The van der Waals surface area contributed by atoms with Crippen molar-refractivity contribution in [2.75, 3.05) is 19.6 Å². The lowest BCUT2D eigenvalue weighted by Crippen LogP contribution is -2.35. The fourth-order valence-corrected chi connectivity index (χ4v) is 2.41. The van der Waals surface area contributed by atoms with Gasteiger partial charge in [0.25, 0.3) is 0 Å². The van der Waals surface area contributed by atoms with Crippen molar-refractivity contribution in [2.45, 2.75) is 25.8 Å². The maximum atomic E-state index is 11.3. The van der Waals surface area contributed by atoms with Crippen LogP contribution < -0.4 is 5.32 Å². The van der Waals surface area contributed by atoms with Crippen LogP contribution in [0.2, 0.25) is 0 Å². The number of likely N-dealkylation sites (tertiary alicyclic amines) is 1. The highest BCUT2D eigenvalue weighted by molar-refractivity contribution is 5.73. The summed E-state index contributed by atoms with van der Waals surface area (Å²) in [5.41, 5.74) is 1.04. The van der Waals surface area contributed by atoms with E-state index in [2.05, 4.69) is 10.2 Å². The highest BCUT2D eigenvalue weighted by atomic mass is 16.3. The van der Waals surface area contributed by atoms with Gasteiger partial charge in [0.1, 0.15) is 5.75 Å². The van der Waals surface area contributed by atoms with Crippen LogP contribution in [0.25, 0.3) is 0 Å². The monoisotopic (exact) mass is 248 g/mol. The van der Waals surface area contributed by atoms with E-state index in [4.69, 9.17) is 0 Å². The molecule has 0 aliphatic carbocycles. The Balaban J connectivity index is 2.07. The zero-order chi connectivity index (χ0) is 13.0. The van der Waals surface area contributed by atoms with Gasteiger partial charge < -0.3 is 15.3 Å². The third-order valence-corrected chi connectivity index (χ3v) is 3.31. The summed E-state index contributed by atoms with van der Waals surface area (Å²) in [7, 11) is 0. The first-order valence-corrected chi connectivity index (χ1v) is 6.43. The van der Waals surface area contributed by atoms with Crippen molar-refractivity contribution >= 4 is 5.91 Å². The van der Waals surface area contributed by atoms with Crippen LogP contribution in [0.5, 0.6) is 5.75 Å². The topological polar surface area (TPSA) is 52.6 Å². The predicted octanol–water partition coefficient (Wildman–Crippen LogP) is 1.67. The number of carbonyl (C=O) groups is 1. The van der Waals surface area contributed by atoms with Gasteiger partial charge in [-0.1, -0.05) is 12.1 Å². The Labute approximate surface area is 108 Å². The fraction of sp³-hybridized carbons (Fsp3) is 0.500. The summed E-state index contributed by atoms with van der Waals surface area (Å²) < 4.78 is 0. The number of phenolic OH excluding ortho intramolecular Hbond substituents is 1. The molecule has 1 aliphatic heterocycles. The largest absolute Gasteiger partial charge is 0.508 e.